The molecule has 1 aliphatic heterocycles. The van der Waals surface area contributed by atoms with Crippen LogP contribution in [0.3, 0.4) is 0 Å². The Bertz CT molecular complexity index is 863. The molecule has 11 heteroatoms. The highest BCUT2D eigenvalue weighted by Crippen LogP contribution is 2.25. The average molecular weight is 566 g/mol. The molecule has 1 aromatic heterocycles. The standard InChI is InChI=1S/C21H29F3N6O.HI/c1-4-25-20(29-13-11-28(12-14-29)16(2)21(22,23)24)26-15-17-9-10-30(27-17)18-5-7-19(31-3)8-6-18;/h5-10,16H,4,11-15H2,1-3H3,(H,25,26);1H. The number of benzene rings is 1. The predicted octanol–water partition coefficient (Wildman–Crippen LogP) is 3.53. The number of rotatable bonds is 6. The van der Waals surface area contributed by atoms with Gasteiger partial charge in [0.15, 0.2) is 5.96 Å². The molecule has 7 nitrogen and oxygen atoms in total. The van der Waals surface area contributed by atoms with Crippen molar-refractivity contribution in [2.24, 2.45) is 4.99 Å². The minimum absolute atomic E-state index is 0. The number of aromatic nitrogens is 2. The van der Waals surface area contributed by atoms with Gasteiger partial charge < -0.3 is 15.0 Å². The van der Waals surface area contributed by atoms with Gasteiger partial charge in [-0.25, -0.2) is 9.67 Å². The fourth-order valence-electron chi connectivity index (χ4n) is 3.43. The summed E-state index contributed by atoms with van der Waals surface area (Å²) in [6.45, 7) is 5.92. The molecule has 178 valence electrons. The summed E-state index contributed by atoms with van der Waals surface area (Å²) >= 11 is 0. The molecule has 1 N–H and O–H groups in total. The fraction of sp³-hybridized carbons (Fsp3) is 0.524. The van der Waals surface area contributed by atoms with E-state index in [4.69, 9.17) is 4.74 Å². The average Bonchev–Trinajstić information content (AvgIpc) is 3.25. The van der Waals surface area contributed by atoms with Gasteiger partial charge in [0.1, 0.15) is 11.8 Å². The van der Waals surface area contributed by atoms with Crippen molar-refractivity contribution < 1.29 is 17.9 Å². The molecule has 32 heavy (non-hydrogen) atoms. The SMILES string of the molecule is CCNC(=NCc1ccn(-c2ccc(OC)cc2)n1)N1CCN(C(C)C(F)(F)F)CC1.I. The summed E-state index contributed by atoms with van der Waals surface area (Å²) in [7, 11) is 1.62. The van der Waals surface area contributed by atoms with Crippen LogP contribution in [-0.4, -0.2) is 77.6 Å². The molecular formula is C21H30F3IN6O. The molecule has 0 saturated carbocycles. The van der Waals surface area contributed by atoms with Gasteiger partial charge in [0, 0.05) is 38.9 Å². The number of alkyl halides is 3. The highest BCUT2D eigenvalue weighted by atomic mass is 127. The van der Waals surface area contributed by atoms with E-state index in [9.17, 15) is 13.2 Å². The van der Waals surface area contributed by atoms with Crippen LogP contribution in [0.4, 0.5) is 13.2 Å². The largest absolute Gasteiger partial charge is 0.497 e. The molecule has 3 rings (SSSR count). The van der Waals surface area contributed by atoms with Gasteiger partial charge in [-0.05, 0) is 44.2 Å². The summed E-state index contributed by atoms with van der Waals surface area (Å²) in [5, 5.41) is 7.80. The van der Waals surface area contributed by atoms with E-state index >= 15 is 0 Å². The van der Waals surface area contributed by atoms with Crippen molar-refractivity contribution in [2.75, 3.05) is 39.8 Å². The normalized spacial score (nSPS) is 16.4. The van der Waals surface area contributed by atoms with Crippen LogP contribution in [0.5, 0.6) is 5.75 Å². The maximum atomic E-state index is 13.0. The van der Waals surface area contributed by atoms with Gasteiger partial charge in [-0.1, -0.05) is 0 Å². The predicted molar refractivity (Wildman–Crippen MR) is 129 cm³/mol. The molecule has 0 bridgehead atoms. The third-order valence-electron chi connectivity index (χ3n) is 5.34. The highest BCUT2D eigenvalue weighted by molar-refractivity contribution is 14.0. The number of halogens is 4. The van der Waals surface area contributed by atoms with Crippen LogP contribution in [0.25, 0.3) is 5.69 Å². The number of aliphatic imine (C=N–C) groups is 1. The van der Waals surface area contributed by atoms with Crippen molar-refractivity contribution in [1.29, 1.82) is 0 Å². The number of hydrogen-bond acceptors (Lipinski definition) is 4. The van der Waals surface area contributed by atoms with E-state index in [0.717, 1.165) is 17.1 Å². The lowest BCUT2D eigenvalue weighted by Gasteiger charge is -2.39. The molecule has 1 aliphatic rings. The molecule has 1 atom stereocenters. The first kappa shape index (κ1) is 26.2. The van der Waals surface area contributed by atoms with E-state index in [1.54, 1.807) is 11.8 Å². The first-order valence-corrected chi connectivity index (χ1v) is 10.3. The molecule has 0 amide bonds. The molecule has 1 saturated heterocycles. The Balaban J connectivity index is 0.00000363. The Hall–Kier alpha value is -2.02. The summed E-state index contributed by atoms with van der Waals surface area (Å²) in [6, 6.07) is 8.06. The number of hydrogen-bond donors (Lipinski definition) is 1. The van der Waals surface area contributed by atoms with Crippen molar-refractivity contribution >= 4 is 29.9 Å². The van der Waals surface area contributed by atoms with E-state index in [-0.39, 0.29) is 24.0 Å². The zero-order valence-electron chi connectivity index (χ0n) is 18.5. The molecule has 1 aromatic carbocycles. The zero-order chi connectivity index (χ0) is 22.4. The maximum Gasteiger partial charge on any atom is 0.403 e. The van der Waals surface area contributed by atoms with Gasteiger partial charge in [-0.15, -0.1) is 24.0 Å². The smallest absolute Gasteiger partial charge is 0.403 e. The van der Waals surface area contributed by atoms with Crippen LogP contribution in [0.1, 0.15) is 19.5 Å². The monoisotopic (exact) mass is 566 g/mol. The lowest BCUT2D eigenvalue weighted by molar-refractivity contribution is -0.181. The van der Waals surface area contributed by atoms with E-state index in [1.165, 1.54) is 11.8 Å². The number of ether oxygens (including phenoxy) is 1. The van der Waals surface area contributed by atoms with Crippen LogP contribution in [0.2, 0.25) is 0 Å². The minimum atomic E-state index is -4.20. The first-order chi connectivity index (χ1) is 14.8. The van der Waals surface area contributed by atoms with Crippen molar-refractivity contribution in [3.8, 4) is 11.4 Å². The topological polar surface area (TPSA) is 57.9 Å². The van der Waals surface area contributed by atoms with Gasteiger partial charge in [0.25, 0.3) is 0 Å². The molecule has 1 unspecified atom stereocenters. The summed E-state index contributed by atoms with van der Waals surface area (Å²) < 4.78 is 45.9. The van der Waals surface area contributed by atoms with Gasteiger partial charge >= 0.3 is 6.18 Å². The van der Waals surface area contributed by atoms with Gasteiger partial charge in [0.2, 0.25) is 0 Å². The third kappa shape index (κ3) is 6.74. The quantitative estimate of drug-likeness (QED) is 0.330. The zero-order valence-corrected chi connectivity index (χ0v) is 20.8. The van der Waals surface area contributed by atoms with Crippen LogP contribution < -0.4 is 10.1 Å². The van der Waals surface area contributed by atoms with E-state index < -0.39 is 12.2 Å². The number of nitrogens with one attached hydrogen (secondary N) is 1. The second kappa shape index (κ2) is 11.7. The third-order valence-corrected chi connectivity index (χ3v) is 5.34. The Morgan fingerprint density at radius 2 is 1.81 bits per heavy atom. The van der Waals surface area contributed by atoms with E-state index in [0.29, 0.717) is 45.2 Å². The van der Waals surface area contributed by atoms with E-state index in [1.807, 2.05) is 48.4 Å². The van der Waals surface area contributed by atoms with Gasteiger partial charge in [-0.2, -0.15) is 18.3 Å². The number of guanidine groups is 1. The Morgan fingerprint density at radius 3 is 2.38 bits per heavy atom. The second-order valence-electron chi connectivity index (χ2n) is 7.36. The van der Waals surface area contributed by atoms with Crippen LogP contribution in [-0.2, 0) is 6.54 Å². The Morgan fingerprint density at radius 1 is 1.16 bits per heavy atom. The van der Waals surface area contributed by atoms with Gasteiger partial charge in [0.05, 0.1) is 25.0 Å². The summed E-state index contributed by atoms with van der Waals surface area (Å²) in [5.74, 6) is 1.47. The Kier molecular flexibility index (Phi) is 9.62. The number of nitrogens with zero attached hydrogens (tertiary/aromatic N) is 5. The summed E-state index contributed by atoms with van der Waals surface area (Å²) in [6.07, 6.45) is -2.33. The minimum Gasteiger partial charge on any atom is -0.497 e. The van der Waals surface area contributed by atoms with Gasteiger partial charge in [-0.3, -0.25) is 4.90 Å². The molecule has 2 aromatic rings. The summed E-state index contributed by atoms with van der Waals surface area (Å²) in [5.41, 5.74) is 1.72. The van der Waals surface area contributed by atoms with Crippen molar-refractivity contribution in [2.45, 2.75) is 32.6 Å². The molecular weight excluding hydrogens is 536 g/mol. The first-order valence-electron chi connectivity index (χ1n) is 10.3. The van der Waals surface area contributed by atoms with Crippen molar-refractivity contribution in [3.05, 3.63) is 42.2 Å². The Labute approximate surface area is 203 Å². The van der Waals surface area contributed by atoms with Crippen LogP contribution in [0.15, 0.2) is 41.5 Å². The lowest BCUT2D eigenvalue weighted by atomic mass is 10.2. The summed E-state index contributed by atoms with van der Waals surface area (Å²) in [4.78, 5) is 8.13. The van der Waals surface area contributed by atoms with Crippen molar-refractivity contribution in [1.82, 2.24) is 24.9 Å². The fourth-order valence-corrected chi connectivity index (χ4v) is 3.43. The molecule has 0 aliphatic carbocycles. The van der Waals surface area contributed by atoms with Crippen molar-refractivity contribution in [3.63, 3.8) is 0 Å². The highest BCUT2D eigenvalue weighted by Gasteiger charge is 2.41. The number of piperazine rings is 1. The molecule has 0 spiro atoms. The van der Waals surface area contributed by atoms with E-state index in [2.05, 4.69) is 15.4 Å². The number of methoxy groups -OCH3 is 1. The van der Waals surface area contributed by atoms with Crippen LogP contribution >= 0.6 is 24.0 Å². The molecule has 0 radical (unpaired) electrons. The second-order valence-corrected chi connectivity index (χ2v) is 7.36. The molecule has 2 heterocycles. The molecule has 1 fully saturated rings. The maximum absolute atomic E-state index is 13.0. The lowest BCUT2D eigenvalue weighted by Crippen LogP contribution is -2.56. The van der Waals surface area contributed by atoms with Crippen LogP contribution in [0, 0.1) is 0 Å².